The molecule has 1 aromatic rings. The van der Waals surface area contributed by atoms with Gasteiger partial charge in [0.2, 0.25) is 5.56 Å². The number of rotatable bonds is 6. The van der Waals surface area contributed by atoms with Gasteiger partial charge in [0, 0.05) is 31.9 Å². The van der Waals surface area contributed by atoms with Crippen LogP contribution in [0.5, 0.6) is 0 Å². The summed E-state index contributed by atoms with van der Waals surface area (Å²) in [7, 11) is 2.10. The fraction of sp³-hybridized carbons (Fsp3) is 0.545. The predicted octanol–water partition coefficient (Wildman–Crippen LogP) is 0.416. The maximum Gasteiger partial charge on any atom is 0.247 e. The van der Waals surface area contributed by atoms with Crippen molar-refractivity contribution in [1.82, 2.24) is 15.2 Å². The quantitative estimate of drug-likeness (QED) is 0.667. The standard InChI is InChI=1S/C11H19N3O/c1-3-14(2)7-6-12-8-10-4-5-11(15)13-9-10/h4-5,9,12H,3,6-8H2,1-2H3,(H,13,15). The van der Waals surface area contributed by atoms with Crippen molar-refractivity contribution in [3.8, 4) is 0 Å². The Morgan fingerprint density at radius 1 is 1.47 bits per heavy atom. The fourth-order valence-electron chi connectivity index (χ4n) is 1.21. The van der Waals surface area contributed by atoms with Crippen LogP contribution in [0, 0.1) is 0 Å². The van der Waals surface area contributed by atoms with E-state index in [9.17, 15) is 4.79 Å². The average Bonchev–Trinajstić information content (AvgIpc) is 2.26. The molecule has 0 aliphatic carbocycles. The Hall–Kier alpha value is -1.13. The molecule has 4 nitrogen and oxygen atoms in total. The van der Waals surface area contributed by atoms with Crippen molar-refractivity contribution in [2.24, 2.45) is 0 Å². The topological polar surface area (TPSA) is 48.1 Å². The predicted molar refractivity (Wildman–Crippen MR) is 61.9 cm³/mol. The lowest BCUT2D eigenvalue weighted by Gasteiger charge is -2.13. The second-order valence-corrected chi connectivity index (χ2v) is 3.63. The van der Waals surface area contributed by atoms with Crippen molar-refractivity contribution in [3.63, 3.8) is 0 Å². The highest BCUT2D eigenvalue weighted by molar-refractivity contribution is 5.07. The van der Waals surface area contributed by atoms with Crippen molar-refractivity contribution in [2.45, 2.75) is 13.5 Å². The molecule has 4 heteroatoms. The number of H-pyrrole nitrogens is 1. The molecular weight excluding hydrogens is 190 g/mol. The summed E-state index contributed by atoms with van der Waals surface area (Å²) in [6.45, 7) is 6.01. The first-order valence-corrected chi connectivity index (χ1v) is 5.29. The van der Waals surface area contributed by atoms with Crippen molar-refractivity contribution >= 4 is 0 Å². The van der Waals surface area contributed by atoms with E-state index in [4.69, 9.17) is 0 Å². The Labute approximate surface area is 90.3 Å². The normalized spacial score (nSPS) is 10.9. The van der Waals surface area contributed by atoms with Crippen molar-refractivity contribution in [2.75, 3.05) is 26.7 Å². The van der Waals surface area contributed by atoms with Gasteiger partial charge in [0.1, 0.15) is 0 Å². The maximum absolute atomic E-state index is 10.8. The van der Waals surface area contributed by atoms with Gasteiger partial charge in [-0.15, -0.1) is 0 Å². The van der Waals surface area contributed by atoms with Crippen LogP contribution in [-0.2, 0) is 6.54 Å². The second kappa shape index (κ2) is 6.37. The third-order valence-electron chi connectivity index (χ3n) is 2.39. The first kappa shape index (κ1) is 11.9. The molecule has 0 saturated heterocycles. The number of pyridine rings is 1. The monoisotopic (exact) mass is 209 g/mol. The van der Waals surface area contributed by atoms with Gasteiger partial charge in [-0.3, -0.25) is 4.79 Å². The van der Waals surface area contributed by atoms with Crippen LogP contribution in [0.4, 0.5) is 0 Å². The Kier molecular flexibility index (Phi) is 5.07. The molecule has 0 fully saturated rings. The molecule has 0 saturated carbocycles. The van der Waals surface area contributed by atoms with Crippen molar-refractivity contribution < 1.29 is 0 Å². The van der Waals surface area contributed by atoms with Gasteiger partial charge in [-0.2, -0.15) is 0 Å². The molecule has 1 aromatic heterocycles. The molecule has 0 bridgehead atoms. The van der Waals surface area contributed by atoms with Crippen LogP contribution < -0.4 is 10.9 Å². The van der Waals surface area contributed by atoms with E-state index in [1.807, 2.05) is 6.07 Å². The van der Waals surface area contributed by atoms with Gasteiger partial charge in [-0.25, -0.2) is 0 Å². The summed E-state index contributed by atoms with van der Waals surface area (Å²) in [5, 5.41) is 3.32. The number of nitrogens with zero attached hydrogens (tertiary/aromatic N) is 1. The number of hydrogen-bond acceptors (Lipinski definition) is 3. The molecule has 1 rings (SSSR count). The third kappa shape index (κ3) is 4.76. The molecule has 2 N–H and O–H groups in total. The lowest BCUT2D eigenvalue weighted by atomic mass is 10.3. The fourth-order valence-corrected chi connectivity index (χ4v) is 1.21. The van der Waals surface area contributed by atoms with Crippen molar-refractivity contribution in [3.05, 3.63) is 34.2 Å². The minimum Gasteiger partial charge on any atom is -0.329 e. The maximum atomic E-state index is 10.8. The average molecular weight is 209 g/mol. The lowest BCUT2D eigenvalue weighted by molar-refractivity contribution is 0.349. The highest BCUT2D eigenvalue weighted by Crippen LogP contribution is 1.91. The third-order valence-corrected chi connectivity index (χ3v) is 2.39. The smallest absolute Gasteiger partial charge is 0.247 e. The molecule has 0 spiro atoms. The van der Waals surface area contributed by atoms with Gasteiger partial charge >= 0.3 is 0 Å². The van der Waals surface area contributed by atoms with Gasteiger partial charge in [-0.1, -0.05) is 13.0 Å². The minimum absolute atomic E-state index is 0.0514. The van der Waals surface area contributed by atoms with E-state index in [1.54, 1.807) is 12.3 Å². The summed E-state index contributed by atoms with van der Waals surface area (Å²) in [5.41, 5.74) is 1.05. The van der Waals surface area contributed by atoms with Crippen LogP contribution in [-0.4, -0.2) is 36.6 Å². The first-order valence-electron chi connectivity index (χ1n) is 5.29. The first-order chi connectivity index (χ1) is 7.22. The molecule has 1 heterocycles. The molecule has 15 heavy (non-hydrogen) atoms. The van der Waals surface area contributed by atoms with Crippen molar-refractivity contribution in [1.29, 1.82) is 0 Å². The zero-order valence-electron chi connectivity index (χ0n) is 9.42. The van der Waals surface area contributed by atoms with Crippen LogP contribution in [0.25, 0.3) is 0 Å². The molecule has 0 aliphatic heterocycles. The summed E-state index contributed by atoms with van der Waals surface area (Å²) in [4.78, 5) is 15.7. The Morgan fingerprint density at radius 2 is 2.27 bits per heavy atom. The number of likely N-dealkylation sites (N-methyl/N-ethyl adjacent to an activating group) is 1. The lowest BCUT2D eigenvalue weighted by Crippen LogP contribution is -2.28. The van der Waals surface area contributed by atoms with Gasteiger partial charge < -0.3 is 15.2 Å². The zero-order chi connectivity index (χ0) is 11.1. The zero-order valence-corrected chi connectivity index (χ0v) is 9.42. The SMILES string of the molecule is CCN(C)CCNCc1ccc(=O)[nH]c1. The number of aromatic amines is 1. The molecular formula is C11H19N3O. The Balaban J connectivity index is 2.20. The van der Waals surface area contributed by atoms with Crippen LogP contribution in [0.15, 0.2) is 23.1 Å². The molecule has 0 atom stereocenters. The molecule has 0 aliphatic rings. The highest BCUT2D eigenvalue weighted by atomic mass is 16.1. The summed E-state index contributed by atoms with van der Waals surface area (Å²) in [6, 6.07) is 3.39. The molecule has 0 unspecified atom stereocenters. The van der Waals surface area contributed by atoms with Gasteiger partial charge in [-0.05, 0) is 19.2 Å². The molecule has 84 valence electrons. The summed E-state index contributed by atoms with van der Waals surface area (Å²) in [6.07, 6.45) is 1.75. The molecule has 0 amide bonds. The number of nitrogens with one attached hydrogen (secondary N) is 2. The molecule has 0 radical (unpaired) electrons. The van der Waals surface area contributed by atoms with E-state index >= 15 is 0 Å². The van der Waals surface area contributed by atoms with Gasteiger partial charge in [0.25, 0.3) is 0 Å². The van der Waals surface area contributed by atoms with E-state index in [2.05, 4.69) is 29.2 Å². The van der Waals surface area contributed by atoms with E-state index in [0.717, 1.165) is 31.7 Å². The van der Waals surface area contributed by atoms with E-state index < -0.39 is 0 Å². The summed E-state index contributed by atoms with van der Waals surface area (Å²) >= 11 is 0. The largest absolute Gasteiger partial charge is 0.329 e. The van der Waals surface area contributed by atoms with Gasteiger partial charge in [0.05, 0.1) is 0 Å². The Morgan fingerprint density at radius 3 is 2.87 bits per heavy atom. The minimum atomic E-state index is -0.0514. The van der Waals surface area contributed by atoms with Crippen LogP contribution in [0.1, 0.15) is 12.5 Å². The number of hydrogen-bond donors (Lipinski definition) is 2. The molecule has 0 aromatic carbocycles. The highest BCUT2D eigenvalue weighted by Gasteiger charge is 1.94. The summed E-state index contributed by atoms with van der Waals surface area (Å²) < 4.78 is 0. The van der Waals surface area contributed by atoms with Crippen LogP contribution in [0.2, 0.25) is 0 Å². The van der Waals surface area contributed by atoms with Crippen LogP contribution in [0.3, 0.4) is 0 Å². The van der Waals surface area contributed by atoms with Crippen LogP contribution >= 0.6 is 0 Å². The number of aromatic nitrogens is 1. The summed E-state index contributed by atoms with van der Waals surface area (Å²) in [5.74, 6) is 0. The second-order valence-electron chi connectivity index (χ2n) is 3.63. The van der Waals surface area contributed by atoms with E-state index in [1.165, 1.54) is 0 Å². The van der Waals surface area contributed by atoms with E-state index in [0.29, 0.717) is 0 Å². The Bertz CT molecular complexity index is 314. The van der Waals surface area contributed by atoms with Gasteiger partial charge in [0.15, 0.2) is 0 Å². The van der Waals surface area contributed by atoms with E-state index in [-0.39, 0.29) is 5.56 Å².